The van der Waals surface area contributed by atoms with E-state index in [9.17, 15) is 4.79 Å². The molecule has 3 rings (SSSR count). The molecule has 0 unspecified atom stereocenters. The third-order valence-electron chi connectivity index (χ3n) is 5.71. The van der Waals surface area contributed by atoms with Crippen molar-refractivity contribution in [2.75, 3.05) is 13.1 Å². The van der Waals surface area contributed by atoms with Crippen LogP contribution >= 0.6 is 0 Å². The smallest absolute Gasteiger partial charge is 0.272 e. The Hall–Kier alpha value is -1.32. The third kappa shape index (κ3) is 3.17. The van der Waals surface area contributed by atoms with Crippen molar-refractivity contribution >= 4 is 5.91 Å². The van der Waals surface area contributed by atoms with Gasteiger partial charge in [-0.05, 0) is 37.7 Å². The van der Waals surface area contributed by atoms with Crippen LogP contribution in [0.4, 0.5) is 0 Å². The summed E-state index contributed by atoms with van der Waals surface area (Å²) in [5.41, 5.74) is 2.17. The standard InChI is InChI=1S/C19H31N3O/c1-5-22-15(13-16(20-22)18(2,3)4)17(23)21-12-11-19(14-21)9-7-6-8-10-19/h13H,5-12,14H2,1-4H3. The van der Waals surface area contributed by atoms with Crippen molar-refractivity contribution in [2.45, 2.75) is 78.2 Å². The van der Waals surface area contributed by atoms with Crippen LogP contribution in [-0.4, -0.2) is 33.7 Å². The van der Waals surface area contributed by atoms with Crippen LogP contribution in [0.1, 0.15) is 82.4 Å². The average Bonchev–Trinajstić information content (AvgIpc) is 3.11. The molecule has 1 aromatic heterocycles. The highest BCUT2D eigenvalue weighted by Crippen LogP contribution is 2.44. The highest BCUT2D eigenvalue weighted by Gasteiger charge is 2.41. The van der Waals surface area contributed by atoms with Gasteiger partial charge in [0.2, 0.25) is 0 Å². The second-order valence-corrected chi connectivity index (χ2v) is 8.52. The normalized spacial score (nSPS) is 21.1. The molecule has 1 spiro atoms. The van der Waals surface area contributed by atoms with E-state index >= 15 is 0 Å². The number of carbonyl (C=O) groups excluding carboxylic acids is 1. The first-order chi connectivity index (χ1) is 10.8. The predicted octanol–water partition coefficient (Wildman–Crippen LogP) is 4.00. The predicted molar refractivity (Wildman–Crippen MR) is 92.6 cm³/mol. The zero-order valence-electron chi connectivity index (χ0n) is 15.2. The maximum Gasteiger partial charge on any atom is 0.272 e. The van der Waals surface area contributed by atoms with E-state index in [1.807, 2.05) is 10.7 Å². The van der Waals surface area contributed by atoms with E-state index in [1.165, 1.54) is 38.5 Å². The highest BCUT2D eigenvalue weighted by atomic mass is 16.2. The summed E-state index contributed by atoms with van der Waals surface area (Å²) in [7, 11) is 0. The molecule has 0 radical (unpaired) electrons. The maximum absolute atomic E-state index is 13.1. The quantitative estimate of drug-likeness (QED) is 0.827. The van der Waals surface area contributed by atoms with Crippen LogP contribution in [-0.2, 0) is 12.0 Å². The fraction of sp³-hybridized carbons (Fsp3) is 0.789. The van der Waals surface area contributed by atoms with E-state index in [2.05, 4.69) is 37.7 Å². The Bertz CT molecular complexity index is 576. The van der Waals surface area contributed by atoms with Gasteiger partial charge in [0.1, 0.15) is 5.69 Å². The molecule has 128 valence electrons. The van der Waals surface area contributed by atoms with Gasteiger partial charge < -0.3 is 4.90 Å². The molecule has 1 amide bonds. The molecule has 1 aliphatic carbocycles. The highest BCUT2D eigenvalue weighted by molar-refractivity contribution is 5.93. The molecule has 4 nitrogen and oxygen atoms in total. The largest absolute Gasteiger partial charge is 0.337 e. The molecular formula is C19H31N3O. The van der Waals surface area contributed by atoms with E-state index in [1.54, 1.807) is 0 Å². The van der Waals surface area contributed by atoms with E-state index in [0.29, 0.717) is 5.41 Å². The van der Waals surface area contributed by atoms with Crippen LogP contribution in [0.2, 0.25) is 0 Å². The summed E-state index contributed by atoms with van der Waals surface area (Å²) in [6.45, 7) is 11.1. The number of aromatic nitrogens is 2. The average molecular weight is 317 g/mol. The number of amides is 1. The monoisotopic (exact) mass is 317 g/mol. The minimum atomic E-state index is -0.0228. The first kappa shape index (κ1) is 16.5. The Morgan fingerprint density at radius 2 is 1.91 bits per heavy atom. The second-order valence-electron chi connectivity index (χ2n) is 8.52. The van der Waals surface area contributed by atoms with Crippen LogP contribution in [0.15, 0.2) is 6.07 Å². The van der Waals surface area contributed by atoms with Crippen molar-refractivity contribution in [1.82, 2.24) is 14.7 Å². The lowest BCUT2D eigenvalue weighted by Gasteiger charge is -2.33. The van der Waals surface area contributed by atoms with Crippen molar-refractivity contribution in [1.29, 1.82) is 0 Å². The summed E-state index contributed by atoms with van der Waals surface area (Å²) in [6, 6.07) is 2.01. The molecule has 23 heavy (non-hydrogen) atoms. The Kier molecular flexibility index (Phi) is 4.28. The van der Waals surface area contributed by atoms with Crippen molar-refractivity contribution in [3.8, 4) is 0 Å². The molecular weight excluding hydrogens is 286 g/mol. The lowest BCUT2D eigenvalue weighted by molar-refractivity contribution is 0.0746. The summed E-state index contributed by atoms with van der Waals surface area (Å²) in [6.07, 6.45) is 7.83. The van der Waals surface area contributed by atoms with Crippen LogP contribution < -0.4 is 0 Å². The number of aryl methyl sites for hydroxylation is 1. The summed E-state index contributed by atoms with van der Waals surface area (Å²) in [4.78, 5) is 15.1. The number of likely N-dealkylation sites (tertiary alicyclic amines) is 1. The zero-order chi connectivity index (χ0) is 16.7. The van der Waals surface area contributed by atoms with Gasteiger partial charge >= 0.3 is 0 Å². The van der Waals surface area contributed by atoms with Gasteiger partial charge in [0, 0.05) is 25.0 Å². The molecule has 0 bridgehead atoms. The number of nitrogens with zero attached hydrogens (tertiary/aromatic N) is 3. The summed E-state index contributed by atoms with van der Waals surface area (Å²) in [5, 5.41) is 4.67. The van der Waals surface area contributed by atoms with Crippen LogP contribution in [0.25, 0.3) is 0 Å². The first-order valence-electron chi connectivity index (χ1n) is 9.22. The van der Waals surface area contributed by atoms with Gasteiger partial charge in [-0.1, -0.05) is 40.0 Å². The fourth-order valence-corrected chi connectivity index (χ4v) is 4.18. The van der Waals surface area contributed by atoms with Gasteiger partial charge in [0.25, 0.3) is 5.91 Å². The molecule has 1 aliphatic heterocycles. The van der Waals surface area contributed by atoms with Crippen LogP contribution in [0.3, 0.4) is 0 Å². The number of rotatable bonds is 2. The molecule has 0 N–H and O–H groups in total. The molecule has 4 heteroatoms. The summed E-state index contributed by atoms with van der Waals surface area (Å²) >= 11 is 0. The van der Waals surface area contributed by atoms with Gasteiger partial charge in [-0.2, -0.15) is 5.10 Å². The lowest BCUT2D eigenvalue weighted by Crippen LogP contribution is -2.34. The van der Waals surface area contributed by atoms with E-state index in [4.69, 9.17) is 0 Å². The Balaban J connectivity index is 1.79. The van der Waals surface area contributed by atoms with Gasteiger partial charge in [-0.25, -0.2) is 0 Å². The van der Waals surface area contributed by atoms with Gasteiger partial charge in [0.15, 0.2) is 0 Å². The van der Waals surface area contributed by atoms with Crippen molar-refractivity contribution in [3.05, 3.63) is 17.5 Å². The molecule has 0 aromatic carbocycles. The summed E-state index contributed by atoms with van der Waals surface area (Å²) in [5.74, 6) is 0.178. The van der Waals surface area contributed by atoms with E-state index in [0.717, 1.165) is 31.0 Å². The van der Waals surface area contributed by atoms with Crippen molar-refractivity contribution in [2.24, 2.45) is 5.41 Å². The number of hydrogen-bond acceptors (Lipinski definition) is 2. The zero-order valence-corrected chi connectivity index (χ0v) is 15.2. The molecule has 2 aliphatic rings. The summed E-state index contributed by atoms with van der Waals surface area (Å²) < 4.78 is 1.88. The third-order valence-corrected chi connectivity index (χ3v) is 5.71. The Morgan fingerprint density at radius 3 is 2.52 bits per heavy atom. The van der Waals surface area contributed by atoms with Crippen molar-refractivity contribution in [3.63, 3.8) is 0 Å². The molecule has 0 atom stereocenters. The molecule has 2 heterocycles. The number of carbonyl (C=O) groups is 1. The van der Waals surface area contributed by atoms with E-state index < -0.39 is 0 Å². The van der Waals surface area contributed by atoms with Crippen molar-refractivity contribution < 1.29 is 4.79 Å². The number of hydrogen-bond donors (Lipinski definition) is 0. The first-order valence-corrected chi connectivity index (χ1v) is 9.22. The molecule has 1 saturated carbocycles. The van der Waals surface area contributed by atoms with Gasteiger partial charge in [0.05, 0.1) is 5.69 Å². The molecule has 2 fully saturated rings. The van der Waals surface area contributed by atoms with Gasteiger partial charge in [-0.15, -0.1) is 0 Å². The lowest BCUT2D eigenvalue weighted by atomic mass is 9.73. The topological polar surface area (TPSA) is 38.1 Å². The minimum absolute atomic E-state index is 0.0228. The maximum atomic E-state index is 13.1. The van der Waals surface area contributed by atoms with Gasteiger partial charge in [-0.3, -0.25) is 9.48 Å². The second kappa shape index (κ2) is 5.95. The molecule has 1 saturated heterocycles. The molecule has 1 aromatic rings. The van der Waals surface area contributed by atoms with E-state index in [-0.39, 0.29) is 11.3 Å². The fourth-order valence-electron chi connectivity index (χ4n) is 4.18. The van der Waals surface area contributed by atoms with Crippen LogP contribution in [0, 0.1) is 5.41 Å². The van der Waals surface area contributed by atoms with Crippen LogP contribution in [0.5, 0.6) is 0 Å². The Morgan fingerprint density at radius 1 is 1.22 bits per heavy atom. The Labute approximate surface area is 140 Å². The minimum Gasteiger partial charge on any atom is -0.337 e. The SMILES string of the molecule is CCn1nc(C(C)(C)C)cc1C(=O)N1CCC2(CCCCC2)C1.